The van der Waals surface area contributed by atoms with E-state index in [0.29, 0.717) is 29.1 Å². The Balaban J connectivity index is 2.05. The zero-order valence-electron chi connectivity index (χ0n) is 15.4. The van der Waals surface area contributed by atoms with Gasteiger partial charge in [0.25, 0.3) is 5.56 Å². The Bertz CT molecular complexity index is 1130. The molecule has 27 heavy (non-hydrogen) atoms. The van der Waals surface area contributed by atoms with Gasteiger partial charge in [-0.05, 0) is 60.9 Å². The van der Waals surface area contributed by atoms with Crippen molar-refractivity contribution in [2.75, 3.05) is 0 Å². The summed E-state index contributed by atoms with van der Waals surface area (Å²) in [6.07, 6.45) is 3.25. The lowest BCUT2D eigenvalue weighted by atomic mass is 9.95. The number of carbonyl (C=O) groups excluding carboxylic acids is 1. The average molecular weight is 364 g/mol. The fourth-order valence-corrected chi connectivity index (χ4v) is 3.77. The van der Waals surface area contributed by atoms with E-state index in [1.165, 1.54) is 17.5 Å². The number of fused-ring (bicyclic) bond motifs is 1. The zero-order valence-corrected chi connectivity index (χ0v) is 15.4. The Morgan fingerprint density at radius 3 is 2.48 bits per heavy atom. The molecule has 0 atom stereocenters. The number of pyridine rings is 2. The summed E-state index contributed by atoms with van der Waals surface area (Å²) >= 11 is 0. The summed E-state index contributed by atoms with van der Waals surface area (Å²) < 4.78 is 16.4. The highest BCUT2D eigenvalue weighted by molar-refractivity contribution is 5.95. The van der Waals surface area contributed by atoms with Crippen molar-refractivity contribution >= 4 is 11.3 Å². The van der Waals surface area contributed by atoms with Crippen molar-refractivity contribution in [3.05, 3.63) is 75.0 Å². The molecule has 0 unspecified atom stereocenters. The molecule has 0 amide bonds. The molecule has 4 nitrogen and oxygen atoms in total. The molecule has 5 heteroatoms. The number of aromatic nitrogens is 1. The highest BCUT2D eigenvalue weighted by atomic mass is 19.1. The van der Waals surface area contributed by atoms with Crippen molar-refractivity contribution in [2.45, 2.75) is 39.2 Å². The lowest BCUT2D eigenvalue weighted by molar-refractivity contribution is 0.101. The van der Waals surface area contributed by atoms with Gasteiger partial charge in [-0.1, -0.05) is 24.3 Å². The number of aryl methyl sites for hydroxylation is 1. The third-order valence-corrected chi connectivity index (χ3v) is 5.35. The molecule has 2 heterocycles. The number of hydrogen-bond acceptors (Lipinski definition) is 3. The predicted molar refractivity (Wildman–Crippen MR) is 104 cm³/mol. The topological polar surface area (TPSA) is 64.6 Å². The fourth-order valence-electron chi connectivity index (χ4n) is 3.77. The Hall–Kier alpha value is -2.79. The molecule has 1 fully saturated rings. The lowest BCUT2D eigenvalue weighted by Gasteiger charge is -2.17. The molecule has 1 aliphatic carbocycles. The number of nitrogens with two attached hydrogens (primary N) is 1. The first-order valence-electron chi connectivity index (χ1n) is 9.11. The first-order valence-corrected chi connectivity index (χ1v) is 9.11. The molecular weight excluding hydrogens is 343 g/mol. The number of hydrogen-bond donors (Lipinski definition) is 1. The lowest BCUT2D eigenvalue weighted by Crippen LogP contribution is -2.23. The summed E-state index contributed by atoms with van der Waals surface area (Å²) in [5.41, 5.74) is 9.88. The molecule has 2 aromatic heterocycles. The van der Waals surface area contributed by atoms with Gasteiger partial charge in [0.1, 0.15) is 5.82 Å². The van der Waals surface area contributed by atoms with Gasteiger partial charge in [-0.15, -0.1) is 0 Å². The van der Waals surface area contributed by atoms with Gasteiger partial charge in [-0.2, -0.15) is 0 Å². The van der Waals surface area contributed by atoms with Gasteiger partial charge >= 0.3 is 0 Å². The first-order chi connectivity index (χ1) is 12.9. The zero-order chi connectivity index (χ0) is 19.3. The van der Waals surface area contributed by atoms with E-state index in [-0.39, 0.29) is 11.3 Å². The van der Waals surface area contributed by atoms with Crippen LogP contribution < -0.4 is 11.3 Å². The maximum atomic E-state index is 15.0. The van der Waals surface area contributed by atoms with Crippen LogP contribution in [-0.4, -0.2) is 10.2 Å². The molecule has 4 rings (SSSR count). The molecule has 0 spiro atoms. The van der Waals surface area contributed by atoms with Crippen molar-refractivity contribution < 1.29 is 9.18 Å². The standard InChI is InChI=1S/C22H21FN2O2/c1-12-20(16-5-3-14(10-24)4-6-16)19(23)11-25-21(12)18(15-7-8-15)9-17(13(2)26)22(25)27/h3-6,9,11,15H,7-8,10,24H2,1-2H3. The molecule has 1 aromatic carbocycles. The summed E-state index contributed by atoms with van der Waals surface area (Å²) in [7, 11) is 0. The minimum atomic E-state index is -0.481. The Kier molecular flexibility index (Phi) is 4.19. The van der Waals surface area contributed by atoms with Gasteiger partial charge in [0.05, 0.1) is 11.1 Å². The van der Waals surface area contributed by atoms with E-state index in [1.807, 2.05) is 31.2 Å². The monoisotopic (exact) mass is 364 g/mol. The van der Waals surface area contributed by atoms with Crippen LogP contribution in [0.2, 0.25) is 0 Å². The number of nitrogens with zero attached hydrogens (tertiary/aromatic N) is 1. The predicted octanol–water partition coefficient (Wildman–Crippen LogP) is 3.95. The fraction of sp³-hybridized carbons (Fsp3) is 0.273. The molecule has 0 aliphatic heterocycles. The van der Waals surface area contributed by atoms with E-state index in [9.17, 15) is 9.59 Å². The van der Waals surface area contributed by atoms with Crippen LogP contribution in [0, 0.1) is 12.7 Å². The summed E-state index contributed by atoms with van der Waals surface area (Å²) in [5.74, 6) is -0.462. The summed E-state index contributed by atoms with van der Waals surface area (Å²) in [6.45, 7) is 3.63. The molecule has 138 valence electrons. The molecule has 0 bridgehead atoms. The van der Waals surface area contributed by atoms with E-state index in [1.54, 1.807) is 6.07 Å². The normalized spacial score (nSPS) is 13.9. The number of carbonyl (C=O) groups is 1. The third kappa shape index (κ3) is 2.88. The molecule has 2 N–H and O–H groups in total. The first kappa shape index (κ1) is 17.6. The molecule has 0 saturated heterocycles. The quantitative estimate of drug-likeness (QED) is 0.713. The second-order valence-corrected chi connectivity index (χ2v) is 7.25. The Labute approximate surface area is 156 Å². The van der Waals surface area contributed by atoms with Crippen molar-refractivity contribution in [3.8, 4) is 11.1 Å². The van der Waals surface area contributed by atoms with Gasteiger partial charge in [0.15, 0.2) is 5.78 Å². The third-order valence-electron chi connectivity index (χ3n) is 5.35. The van der Waals surface area contributed by atoms with Crippen LogP contribution in [0.25, 0.3) is 16.6 Å². The van der Waals surface area contributed by atoms with Crippen molar-refractivity contribution in [3.63, 3.8) is 0 Å². The molecule has 0 radical (unpaired) electrons. The number of ketones is 1. The van der Waals surface area contributed by atoms with Gasteiger partial charge in [-0.25, -0.2) is 4.39 Å². The number of benzene rings is 1. The van der Waals surface area contributed by atoms with Crippen LogP contribution >= 0.6 is 0 Å². The highest BCUT2D eigenvalue weighted by Gasteiger charge is 2.29. The van der Waals surface area contributed by atoms with Gasteiger partial charge in [0.2, 0.25) is 0 Å². The van der Waals surface area contributed by atoms with Gasteiger partial charge < -0.3 is 5.73 Å². The van der Waals surface area contributed by atoms with Crippen molar-refractivity contribution in [1.82, 2.24) is 4.40 Å². The smallest absolute Gasteiger partial charge is 0.266 e. The summed E-state index contributed by atoms with van der Waals surface area (Å²) in [4.78, 5) is 24.7. The average Bonchev–Trinajstić information content (AvgIpc) is 3.48. The van der Waals surface area contributed by atoms with Crippen molar-refractivity contribution in [1.29, 1.82) is 0 Å². The SMILES string of the molecule is CC(=O)c1cc(C2CC2)c2c(C)c(-c3ccc(CN)cc3)c(F)cn2c1=O. The van der Waals surface area contributed by atoms with Crippen molar-refractivity contribution in [2.24, 2.45) is 5.73 Å². The van der Waals surface area contributed by atoms with Gasteiger partial charge in [0, 0.05) is 18.3 Å². The largest absolute Gasteiger partial charge is 0.326 e. The van der Waals surface area contributed by atoms with Crippen LogP contribution in [0.15, 0.2) is 41.3 Å². The Morgan fingerprint density at radius 2 is 1.93 bits per heavy atom. The van der Waals surface area contributed by atoms with E-state index < -0.39 is 11.4 Å². The van der Waals surface area contributed by atoms with E-state index in [0.717, 1.165) is 29.5 Å². The molecule has 1 saturated carbocycles. The number of rotatable bonds is 4. The van der Waals surface area contributed by atoms with E-state index in [2.05, 4.69) is 0 Å². The van der Waals surface area contributed by atoms with Crippen LogP contribution in [0.3, 0.4) is 0 Å². The number of halogens is 1. The number of Topliss-reactive ketones (excluding diaryl/α,β-unsaturated/α-hetero) is 1. The van der Waals surface area contributed by atoms with E-state index in [4.69, 9.17) is 5.73 Å². The summed E-state index contributed by atoms with van der Waals surface area (Å²) in [5, 5.41) is 0. The van der Waals surface area contributed by atoms with Crippen LogP contribution in [0.1, 0.15) is 52.7 Å². The Morgan fingerprint density at radius 1 is 1.26 bits per heavy atom. The molecular formula is C22H21FN2O2. The molecule has 1 aliphatic rings. The second kappa shape index (κ2) is 6.43. The highest BCUT2D eigenvalue weighted by Crippen LogP contribution is 2.43. The molecule has 3 aromatic rings. The minimum Gasteiger partial charge on any atom is -0.326 e. The maximum Gasteiger partial charge on any atom is 0.266 e. The second-order valence-electron chi connectivity index (χ2n) is 7.25. The minimum absolute atomic E-state index is 0.119. The van der Waals surface area contributed by atoms with E-state index >= 15 is 4.39 Å². The van der Waals surface area contributed by atoms with Crippen LogP contribution in [0.5, 0.6) is 0 Å². The van der Waals surface area contributed by atoms with Gasteiger partial charge in [-0.3, -0.25) is 14.0 Å². The maximum absolute atomic E-state index is 15.0. The summed E-state index contributed by atoms with van der Waals surface area (Å²) in [6, 6.07) is 9.17. The van der Waals surface area contributed by atoms with Crippen LogP contribution in [-0.2, 0) is 6.54 Å². The van der Waals surface area contributed by atoms with Crippen LogP contribution in [0.4, 0.5) is 4.39 Å².